The van der Waals surface area contributed by atoms with Gasteiger partial charge in [-0.25, -0.2) is 0 Å². The Morgan fingerprint density at radius 1 is 1.40 bits per heavy atom. The van der Waals surface area contributed by atoms with Crippen LogP contribution in [-0.4, -0.2) is 55.5 Å². The summed E-state index contributed by atoms with van der Waals surface area (Å²) in [7, 11) is 3.61. The van der Waals surface area contributed by atoms with E-state index in [-0.39, 0.29) is 5.91 Å². The number of nitrogens with two attached hydrogens (primary N) is 1. The highest BCUT2D eigenvalue weighted by molar-refractivity contribution is 5.77. The van der Waals surface area contributed by atoms with Crippen LogP contribution in [0.2, 0.25) is 0 Å². The zero-order valence-corrected chi connectivity index (χ0v) is 9.91. The molecular formula is C11H23N3O. The molecule has 1 unspecified atom stereocenters. The molecule has 1 heterocycles. The van der Waals surface area contributed by atoms with Crippen molar-refractivity contribution < 1.29 is 4.79 Å². The van der Waals surface area contributed by atoms with Gasteiger partial charge in [0.1, 0.15) is 0 Å². The van der Waals surface area contributed by atoms with Crippen LogP contribution in [0, 0.1) is 0 Å². The van der Waals surface area contributed by atoms with Gasteiger partial charge in [-0.3, -0.25) is 9.69 Å². The number of hydrogen-bond acceptors (Lipinski definition) is 3. The Hall–Kier alpha value is -0.610. The Bertz CT molecular complexity index is 206. The fourth-order valence-corrected chi connectivity index (χ4v) is 2.03. The quantitative estimate of drug-likeness (QED) is 0.732. The molecule has 1 saturated heterocycles. The number of likely N-dealkylation sites (tertiary alicyclic amines) is 1. The Morgan fingerprint density at radius 3 is 2.73 bits per heavy atom. The topological polar surface area (TPSA) is 49.6 Å². The molecule has 88 valence electrons. The molecule has 1 rings (SSSR count). The minimum absolute atomic E-state index is 0.176. The fraction of sp³-hybridized carbons (Fsp3) is 0.909. The summed E-state index contributed by atoms with van der Waals surface area (Å²) in [6.45, 7) is 2.21. The van der Waals surface area contributed by atoms with E-state index >= 15 is 0 Å². The summed E-state index contributed by atoms with van der Waals surface area (Å²) in [5.41, 5.74) is 5.75. The van der Waals surface area contributed by atoms with Gasteiger partial charge in [0.25, 0.3) is 0 Å². The summed E-state index contributed by atoms with van der Waals surface area (Å²) in [4.78, 5) is 15.5. The summed E-state index contributed by atoms with van der Waals surface area (Å²) in [6, 6.07) is 0.399. The van der Waals surface area contributed by atoms with E-state index in [1.165, 1.54) is 19.3 Å². The third-order valence-corrected chi connectivity index (χ3v) is 3.11. The first kappa shape index (κ1) is 12.5. The van der Waals surface area contributed by atoms with Crippen LogP contribution in [0.3, 0.4) is 0 Å². The zero-order chi connectivity index (χ0) is 11.3. The molecule has 0 bridgehead atoms. The van der Waals surface area contributed by atoms with Crippen molar-refractivity contribution in [3.8, 4) is 0 Å². The van der Waals surface area contributed by atoms with Gasteiger partial charge in [0.05, 0.1) is 6.54 Å². The first-order valence-electron chi connectivity index (χ1n) is 5.79. The lowest BCUT2D eigenvalue weighted by Gasteiger charge is -2.29. The number of carbonyl (C=O) groups excluding carboxylic acids is 1. The van der Waals surface area contributed by atoms with Crippen LogP contribution < -0.4 is 5.73 Å². The lowest BCUT2D eigenvalue weighted by molar-refractivity contribution is -0.130. The molecule has 1 aliphatic rings. The normalized spacial score (nSPS) is 23.5. The molecule has 0 aromatic carbocycles. The lowest BCUT2D eigenvalue weighted by Crippen LogP contribution is -2.45. The summed E-state index contributed by atoms with van der Waals surface area (Å²) >= 11 is 0. The van der Waals surface area contributed by atoms with Crippen molar-refractivity contribution >= 4 is 5.91 Å². The van der Waals surface area contributed by atoms with Gasteiger partial charge in [0.15, 0.2) is 0 Å². The van der Waals surface area contributed by atoms with Gasteiger partial charge in [0, 0.05) is 26.7 Å². The molecule has 4 heteroatoms. The van der Waals surface area contributed by atoms with E-state index in [0.717, 1.165) is 13.0 Å². The van der Waals surface area contributed by atoms with Crippen molar-refractivity contribution in [1.29, 1.82) is 0 Å². The van der Waals surface area contributed by atoms with E-state index in [2.05, 4.69) is 4.90 Å². The highest BCUT2D eigenvalue weighted by Gasteiger charge is 2.22. The van der Waals surface area contributed by atoms with Crippen LogP contribution in [0.15, 0.2) is 0 Å². The molecule has 1 atom stereocenters. The molecule has 0 aromatic rings. The van der Waals surface area contributed by atoms with Crippen molar-refractivity contribution in [3.05, 3.63) is 0 Å². The van der Waals surface area contributed by atoms with Gasteiger partial charge in [-0.05, 0) is 19.4 Å². The van der Waals surface area contributed by atoms with E-state index in [4.69, 9.17) is 5.73 Å². The first-order chi connectivity index (χ1) is 7.15. The minimum atomic E-state index is 0.176. The van der Waals surface area contributed by atoms with Crippen molar-refractivity contribution in [2.75, 3.05) is 33.7 Å². The monoisotopic (exact) mass is 213 g/mol. The van der Waals surface area contributed by atoms with Crippen LogP contribution in [0.25, 0.3) is 0 Å². The second-order valence-corrected chi connectivity index (χ2v) is 4.50. The molecule has 1 aliphatic heterocycles. The summed E-state index contributed by atoms with van der Waals surface area (Å²) in [5, 5.41) is 0. The number of hydrogen-bond donors (Lipinski definition) is 1. The zero-order valence-electron chi connectivity index (χ0n) is 9.91. The molecule has 0 aromatic heterocycles. The van der Waals surface area contributed by atoms with Gasteiger partial charge in [0.2, 0.25) is 5.91 Å². The molecule has 0 saturated carbocycles. The number of amides is 1. The van der Waals surface area contributed by atoms with E-state index in [1.807, 2.05) is 0 Å². The Morgan fingerprint density at radius 2 is 2.13 bits per heavy atom. The standard InChI is InChI=1S/C11H23N3O/c1-13(2)11(15)9-14-7-5-3-4-6-10(14)8-12/h10H,3-9,12H2,1-2H3. The van der Waals surface area contributed by atoms with Crippen molar-refractivity contribution in [3.63, 3.8) is 0 Å². The largest absolute Gasteiger partial charge is 0.348 e. The SMILES string of the molecule is CN(C)C(=O)CN1CCCCCC1CN. The minimum Gasteiger partial charge on any atom is -0.348 e. The molecule has 2 N–H and O–H groups in total. The third kappa shape index (κ3) is 3.80. The number of rotatable bonds is 3. The van der Waals surface area contributed by atoms with Crippen LogP contribution >= 0.6 is 0 Å². The maximum atomic E-state index is 11.6. The van der Waals surface area contributed by atoms with Crippen molar-refractivity contribution in [1.82, 2.24) is 9.80 Å². The fourth-order valence-electron chi connectivity index (χ4n) is 2.03. The number of likely N-dealkylation sites (N-methyl/N-ethyl adjacent to an activating group) is 1. The number of nitrogens with zero attached hydrogens (tertiary/aromatic N) is 2. The summed E-state index contributed by atoms with van der Waals surface area (Å²) in [5.74, 6) is 0.176. The molecular weight excluding hydrogens is 190 g/mol. The van der Waals surface area contributed by atoms with E-state index in [0.29, 0.717) is 19.1 Å². The van der Waals surface area contributed by atoms with E-state index < -0.39 is 0 Å². The Balaban J connectivity index is 2.51. The van der Waals surface area contributed by atoms with Crippen LogP contribution in [0.4, 0.5) is 0 Å². The summed E-state index contributed by atoms with van der Waals surface area (Å²) in [6.07, 6.45) is 4.84. The predicted molar refractivity (Wildman–Crippen MR) is 61.6 cm³/mol. The van der Waals surface area contributed by atoms with Gasteiger partial charge in [-0.2, -0.15) is 0 Å². The Kier molecular flexibility index (Phi) is 5.05. The van der Waals surface area contributed by atoms with Crippen LogP contribution in [0.1, 0.15) is 25.7 Å². The van der Waals surface area contributed by atoms with E-state index in [9.17, 15) is 4.79 Å². The molecule has 15 heavy (non-hydrogen) atoms. The predicted octanol–water partition coefficient (Wildman–Crippen LogP) is 0.278. The smallest absolute Gasteiger partial charge is 0.236 e. The average Bonchev–Trinajstić information content (AvgIpc) is 2.42. The number of carbonyl (C=O) groups is 1. The highest BCUT2D eigenvalue weighted by atomic mass is 16.2. The van der Waals surface area contributed by atoms with Gasteiger partial charge < -0.3 is 10.6 Å². The molecule has 0 radical (unpaired) electrons. The lowest BCUT2D eigenvalue weighted by atomic mass is 10.1. The van der Waals surface area contributed by atoms with Crippen LogP contribution in [-0.2, 0) is 4.79 Å². The van der Waals surface area contributed by atoms with Crippen molar-refractivity contribution in [2.45, 2.75) is 31.7 Å². The maximum absolute atomic E-state index is 11.6. The van der Waals surface area contributed by atoms with Gasteiger partial charge in [-0.1, -0.05) is 12.8 Å². The van der Waals surface area contributed by atoms with E-state index in [1.54, 1.807) is 19.0 Å². The van der Waals surface area contributed by atoms with Gasteiger partial charge >= 0.3 is 0 Å². The highest BCUT2D eigenvalue weighted by Crippen LogP contribution is 2.15. The maximum Gasteiger partial charge on any atom is 0.236 e. The molecule has 1 fully saturated rings. The molecule has 4 nitrogen and oxygen atoms in total. The first-order valence-corrected chi connectivity index (χ1v) is 5.79. The summed E-state index contributed by atoms with van der Waals surface area (Å²) < 4.78 is 0. The second kappa shape index (κ2) is 6.08. The molecule has 1 amide bonds. The third-order valence-electron chi connectivity index (χ3n) is 3.11. The Labute approximate surface area is 92.4 Å². The average molecular weight is 213 g/mol. The molecule has 0 spiro atoms. The van der Waals surface area contributed by atoms with Crippen molar-refractivity contribution in [2.24, 2.45) is 5.73 Å². The molecule has 0 aliphatic carbocycles. The van der Waals surface area contributed by atoms with Gasteiger partial charge in [-0.15, -0.1) is 0 Å². The van der Waals surface area contributed by atoms with Crippen LogP contribution in [0.5, 0.6) is 0 Å². The second-order valence-electron chi connectivity index (χ2n) is 4.50.